The summed E-state index contributed by atoms with van der Waals surface area (Å²) >= 11 is 0. The van der Waals surface area contributed by atoms with E-state index in [1.54, 1.807) is 12.1 Å². The summed E-state index contributed by atoms with van der Waals surface area (Å²) in [7, 11) is -4.13. The van der Waals surface area contributed by atoms with Gasteiger partial charge in [-0.15, -0.1) is 0 Å². The molecule has 6 heteroatoms. The van der Waals surface area contributed by atoms with E-state index >= 15 is 0 Å². The van der Waals surface area contributed by atoms with E-state index in [9.17, 15) is 8.42 Å². The first kappa shape index (κ1) is 13.4. The van der Waals surface area contributed by atoms with E-state index in [1.165, 1.54) is 12.1 Å². The first-order valence-electron chi connectivity index (χ1n) is 5.61. The molecule has 2 aromatic rings. The smallest absolute Gasteiger partial charge is 0.294 e. The second-order valence-corrected chi connectivity index (χ2v) is 5.52. The fourth-order valence-electron chi connectivity index (χ4n) is 1.58. The van der Waals surface area contributed by atoms with Gasteiger partial charge in [0.05, 0.1) is 4.90 Å². The van der Waals surface area contributed by atoms with Gasteiger partial charge in [-0.3, -0.25) is 4.55 Å². The molecule has 0 aromatic heterocycles. The largest absolute Gasteiger partial charge is 0.399 e. The molecule has 0 spiro atoms. The van der Waals surface area contributed by atoms with E-state index in [0.29, 0.717) is 12.2 Å². The predicted molar refractivity (Wildman–Crippen MR) is 74.4 cm³/mol. The van der Waals surface area contributed by atoms with Gasteiger partial charge in [0.15, 0.2) is 0 Å². The molecule has 0 saturated carbocycles. The summed E-state index contributed by atoms with van der Waals surface area (Å²) in [6.07, 6.45) is 0. The van der Waals surface area contributed by atoms with E-state index in [4.69, 9.17) is 10.3 Å². The molecule has 5 nitrogen and oxygen atoms in total. The summed E-state index contributed by atoms with van der Waals surface area (Å²) in [4.78, 5) is -0.120. The number of nitrogens with one attached hydrogen (secondary N) is 1. The van der Waals surface area contributed by atoms with Crippen LogP contribution in [0.15, 0.2) is 53.4 Å². The quantitative estimate of drug-likeness (QED) is 0.588. The lowest BCUT2D eigenvalue weighted by atomic mass is 10.2. The Kier molecular flexibility index (Phi) is 3.73. The molecule has 0 heterocycles. The van der Waals surface area contributed by atoms with E-state index in [2.05, 4.69) is 5.32 Å². The van der Waals surface area contributed by atoms with Crippen molar-refractivity contribution in [2.45, 2.75) is 11.4 Å². The lowest BCUT2D eigenvalue weighted by Crippen LogP contribution is -2.01. The highest BCUT2D eigenvalue weighted by Gasteiger charge is 2.08. The topological polar surface area (TPSA) is 92.4 Å². The van der Waals surface area contributed by atoms with Gasteiger partial charge >= 0.3 is 0 Å². The molecule has 2 rings (SSSR count). The van der Waals surface area contributed by atoms with Crippen molar-refractivity contribution in [3.8, 4) is 0 Å². The van der Waals surface area contributed by atoms with Crippen LogP contribution in [0.1, 0.15) is 5.56 Å². The molecular formula is C13H14N2O3S. The summed E-state index contributed by atoms with van der Waals surface area (Å²) in [5.41, 5.74) is 8.13. The molecule has 0 saturated heterocycles. The minimum atomic E-state index is -4.13. The van der Waals surface area contributed by atoms with E-state index in [1.807, 2.05) is 24.3 Å². The fraction of sp³-hybridized carbons (Fsp3) is 0.0769. The van der Waals surface area contributed by atoms with Crippen molar-refractivity contribution in [1.29, 1.82) is 0 Å². The summed E-state index contributed by atoms with van der Waals surface area (Å²) in [5.74, 6) is 0. The summed E-state index contributed by atoms with van der Waals surface area (Å²) in [6, 6.07) is 13.3. The van der Waals surface area contributed by atoms with Gasteiger partial charge < -0.3 is 11.1 Å². The molecule has 0 amide bonds. The van der Waals surface area contributed by atoms with Crippen LogP contribution in [0.5, 0.6) is 0 Å². The number of hydrogen-bond acceptors (Lipinski definition) is 4. The zero-order chi connectivity index (χ0) is 13.9. The van der Waals surface area contributed by atoms with Crippen LogP contribution < -0.4 is 11.1 Å². The van der Waals surface area contributed by atoms with Gasteiger partial charge in [0.2, 0.25) is 0 Å². The minimum absolute atomic E-state index is 0.120. The first-order valence-corrected chi connectivity index (χ1v) is 7.05. The summed E-state index contributed by atoms with van der Waals surface area (Å²) in [5, 5.41) is 3.14. The molecular weight excluding hydrogens is 264 g/mol. The van der Waals surface area contributed by atoms with Crippen molar-refractivity contribution < 1.29 is 13.0 Å². The van der Waals surface area contributed by atoms with Crippen molar-refractivity contribution in [2.24, 2.45) is 0 Å². The Morgan fingerprint density at radius 1 is 1.00 bits per heavy atom. The molecule has 0 fully saturated rings. The lowest BCUT2D eigenvalue weighted by Gasteiger charge is -2.07. The third kappa shape index (κ3) is 3.70. The highest BCUT2D eigenvalue weighted by atomic mass is 32.2. The van der Waals surface area contributed by atoms with E-state index < -0.39 is 10.1 Å². The van der Waals surface area contributed by atoms with Crippen molar-refractivity contribution in [3.63, 3.8) is 0 Å². The highest BCUT2D eigenvalue weighted by molar-refractivity contribution is 7.85. The van der Waals surface area contributed by atoms with Gasteiger partial charge in [0, 0.05) is 17.9 Å². The Morgan fingerprint density at radius 2 is 1.58 bits per heavy atom. The third-order valence-corrected chi connectivity index (χ3v) is 3.50. The number of rotatable bonds is 4. The average molecular weight is 278 g/mol. The molecule has 0 aliphatic heterocycles. The van der Waals surface area contributed by atoms with Crippen molar-refractivity contribution >= 4 is 21.5 Å². The van der Waals surface area contributed by atoms with Gasteiger partial charge in [0.1, 0.15) is 0 Å². The molecule has 2 aromatic carbocycles. The summed E-state index contributed by atoms with van der Waals surface area (Å²) < 4.78 is 30.6. The standard InChI is InChI=1S/C13H14N2O3S/c14-11-3-1-10(2-4-11)9-15-12-5-7-13(8-6-12)19(16,17)18/h1-8,15H,9,14H2,(H,16,17,18). The van der Waals surface area contributed by atoms with Crippen molar-refractivity contribution in [1.82, 2.24) is 0 Å². The average Bonchev–Trinajstić information content (AvgIpc) is 2.37. The Hall–Kier alpha value is -2.05. The molecule has 19 heavy (non-hydrogen) atoms. The Balaban J connectivity index is 2.02. The van der Waals surface area contributed by atoms with Gasteiger partial charge in [-0.25, -0.2) is 0 Å². The fourth-order valence-corrected chi connectivity index (χ4v) is 2.06. The maximum absolute atomic E-state index is 10.9. The van der Waals surface area contributed by atoms with Crippen molar-refractivity contribution in [3.05, 3.63) is 54.1 Å². The second-order valence-electron chi connectivity index (χ2n) is 4.09. The van der Waals surface area contributed by atoms with Crippen LogP contribution in [0, 0.1) is 0 Å². The first-order chi connectivity index (χ1) is 8.95. The summed E-state index contributed by atoms with van der Waals surface area (Å²) in [6.45, 7) is 0.603. The third-order valence-electron chi connectivity index (χ3n) is 2.63. The number of nitrogens with two attached hydrogens (primary N) is 1. The van der Waals surface area contributed by atoms with Gasteiger partial charge in [-0.2, -0.15) is 8.42 Å². The van der Waals surface area contributed by atoms with Gasteiger partial charge in [0.25, 0.3) is 10.1 Å². The second kappa shape index (κ2) is 5.29. The van der Waals surface area contributed by atoms with Crippen LogP contribution >= 0.6 is 0 Å². The molecule has 0 radical (unpaired) electrons. The van der Waals surface area contributed by atoms with Crippen molar-refractivity contribution in [2.75, 3.05) is 11.1 Å². The zero-order valence-corrected chi connectivity index (χ0v) is 10.9. The zero-order valence-electron chi connectivity index (χ0n) is 10.1. The number of benzene rings is 2. The maximum atomic E-state index is 10.9. The molecule has 0 atom stereocenters. The van der Waals surface area contributed by atoms with Gasteiger partial charge in [-0.05, 0) is 42.0 Å². The van der Waals surface area contributed by atoms with Crippen LogP contribution in [0.25, 0.3) is 0 Å². The Bertz CT molecular complexity index is 649. The van der Waals surface area contributed by atoms with E-state index in [0.717, 1.165) is 11.3 Å². The van der Waals surface area contributed by atoms with Crippen LogP contribution in [0.4, 0.5) is 11.4 Å². The van der Waals surface area contributed by atoms with Gasteiger partial charge in [-0.1, -0.05) is 12.1 Å². The Morgan fingerprint density at radius 3 is 2.11 bits per heavy atom. The van der Waals surface area contributed by atoms with E-state index in [-0.39, 0.29) is 4.90 Å². The Labute approximate surface area is 111 Å². The van der Waals surface area contributed by atoms with Crippen LogP contribution in [0.2, 0.25) is 0 Å². The monoisotopic (exact) mass is 278 g/mol. The van der Waals surface area contributed by atoms with Crippen LogP contribution in [-0.4, -0.2) is 13.0 Å². The molecule has 0 aliphatic rings. The maximum Gasteiger partial charge on any atom is 0.294 e. The van der Waals surface area contributed by atoms with Crippen LogP contribution in [-0.2, 0) is 16.7 Å². The molecule has 0 unspecified atom stereocenters. The molecule has 0 aliphatic carbocycles. The molecule has 0 bridgehead atoms. The van der Waals surface area contributed by atoms with Crippen LogP contribution in [0.3, 0.4) is 0 Å². The molecule has 100 valence electrons. The molecule has 4 N–H and O–H groups in total. The highest BCUT2D eigenvalue weighted by Crippen LogP contribution is 2.15. The number of hydrogen-bond donors (Lipinski definition) is 3. The number of anilines is 2. The lowest BCUT2D eigenvalue weighted by molar-refractivity contribution is 0.483. The SMILES string of the molecule is Nc1ccc(CNc2ccc(S(=O)(=O)O)cc2)cc1. The number of nitrogen functional groups attached to an aromatic ring is 1. The normalized spacial score (nSPS) is 11.2. The minimum Gasteiger partial charge on any atom is -0.399 e. The predicted octanol–water partition coefficient (Wildman–Crippen LogP) is 2.13.